The van der Waals surface area contributed by atoms with E-state index in [1.807, 2.05) is 50.2 Å². The van der Waals surface area contributed by atoms with Gasteiger partial charge >= 0.3 is 5.97 Å². The van der Waals surface area contributed by atoms with E-state index in [9.17, 15) is 4.79 Å². The summed E-state index contributed by atoms with van der Waals surface area (Å²) >= 11 is 0. The van der Waals surface area contributed by atoms with Gasteiger partial charge in [0.1, 0.15) is 0 Å². The first-order valence-corrected chi connectivity index (χ1v) is 11.0. The molecule has 4 heteroatoms. The van der Waals surface area contributed by atoms with E-state index in [0.717, 1.165) is 0 Å². The Morgan fingerprint density at radius 1 is 0.962 bits per heavy atom. The number of hydrogen-bond acceptors (Lipinski definition) is 3. The maximum absolute atomic E-state index is 12.5. The van der Waals surface area contributed by atoms with Crippen LogP contribution in [0.3, 0.4) is 0 Å². The van der Waals surface area contributed by atoms with Crippen molar-refractivity contribution in [2.24, 2.45) is 5.41 Å². The Balaban J connectivity index is 2.23. The molecule has 0 N–H and O–H groups in total. The summed E-state index contributed by atoms with van der Waals surface area (Å²) < 4.78 is 12.3. The molecule has 138 valence electrons. The SMILES string of the molecule is CC1(C)COC(=O)[C@@H]1O[Si](c1ccccc1)(c1ccccc1)C(C)(C)C. The van der Waals surface area contributed by atoms with Crippen LogP contribution in [0.25, 0.3) is 0 Å². The van der Waals surface area contributed by atoms with Crippen LogP contribution in [0.4, 0.5) is 0 Å². The molecule has 0 spiro atoms. The summed E-state index contributed by atoms with van der Waals surface area (Å²) in [5, 5.41) is 2.19. The largest absolute Gasteiger partial charge is 0.463 e. The third-order valence-corrected chi connectivity index (χ3v) is 10.2. The van der Waals surface area contributed by atoms with Crippen molar-refractivity contribution in [3.63, 3.8) is 0 Å². The van der Waals surface area contributed by atoms with Crippen molar-refractivity contribution in [3.05, 3.63) is 60.7 Å². The van der Waals surface area contributed by atoms with Crippen LogP contribution in [0.1, 0.15) is 34.6 Å². The van der Waals surface area contributed by atoms with Gasteiger partial charge in [-0.2, -0.15) is 0 Å². The molecule has 1 aliphatic rings. The summed E-state index contributed by atoms with van der Waals surface area (Å²) in [5.74, 6) is -0.247. The Morgan fingerprint density at radius 3 is 1.77 bits per heavy atom. The molecule has 0 amide bonds. The summed E-state index contributed by atoms with van der Waals surface area (Å²) in [6, 6.07) is 20.8. The van der Waals surface area contributed by atoms with Gasteiger partial charge in [-0.05, 0) is 15.4 Å². The Labute approximate surface area is 157 Å². The number of cyclic esters (lactones) is 1. The van der Waals surface area contributed by atoms with E-state index in [1.165, 1.54) is 10.4 Å². The number of ether oxygens (including phenoxy) is 1. The highest BCUT2D eigenvalue weighted by molar-refractivity contribution is 6.99. The van der Waals surface area contributed by atoms with Crippen molar-refractivity contribution in [1.82, 2.24) is 0 Å². The Morgan fingerprint density at radius 2 is 1.42 bits per heavy atom. The minimum absolute atomic E-state index is 0.158. The molecule has 0 aliphatic carbocycles. The number of rotatable bonds is 4. The summed E-state index contributed by atoms with van der Waals surface area (Å²) in [5.41, 5.74) is -0.343. The molecular formula is C22H28O3Si. The second-order valence-corrected chi connectivity index (χ2v) is 13.0. The monoisotopic (exact) mass is 368 g/mol. The molecule has 3 rings (SSSR count). The average molecular weight is 369 g/mol. The maximum Gasteiger partial charge on any atom is 0.334 e. The standard InChI is InChI=1S/C22H28O3Si/c1-21(2,3)26(17-12-8-6-9-13-17,18-14-10-7-11-15-18)25-19-20(23)24-16-22(19,4)5/h6-15,19H,16H2,1-5H3/t19-/m0/s1. The predicted molar refractivity (Wildman–Crippen MR) is 107 cm³/mol. The van der Waals surface area contributed by atoms with Gasteiger partial charge in [0.25, 0.3) is 8.32 Å². The number of benzene rings is 2. The highest BCUT2D eigenvalue weighted by atomic mass is 28.4. The molecule has 0 aromatic heterocycles. The van der Waals surface area contributed by atoms with Crippen molar-refractivity contribution in [1.29, 1.82) is 0 Å². The molecule has 2 aromatic rings. The molecule has 1 fully saturated rings. The van der Waals surface area contributed by atoms with E-state index >= 15 is 0 Å². The van der Waals surface area contributed by atoms with Gasteiger partial charge in [-0.15, -0.1) is 0 Å². The first kappa shape index (κ1) is 18.9. The summed E-state index contributed by atoms with van der Waals surface area (Å²) in [4.78, 5) is 12.5. The quantitative estimate of drug-likeness (QED) is 0.612. The zero-order valence-corrected chi connectivity index (χ0v) is 17.3. The lowest BCUT2D eigenvalue weighted by Crippen LogP contribution is -2.68. The van der Waals surface area contributed by atoms with E-state index in [0.29, 0.717) is 6.61 Å². The van der Waals surface area contributed by atoms with Gasteiger partial charge in [0.2, 0.25) is 0 Å². The van der Waals surface area contributed by atoms with Crippen molar-refractivity contribution >= 4 is 24.7 Å². The van der Waals surface area contributed by atoms with Crippen LogP contribution in [0, 0.1) is 5.41 Å². The second-order valence-electron chi connectivity index (χ2n) is 8.76. The lowest BCUT2D eigenvalue weighted by atomic mass is 9.90. The molecule has 2 aromatic carbocycles. The molecule has 0 bridgehead atoms. The van der Waals surface area contributed by atoms with Gasteiger partial charge in [0, 0.05) is 5.41 Å². The number of carbonyl (C=O) groups is 1. The van der Waals surface area contributed by atoms with Crippen LogP contribution in [-0.4, -0.2) is 27.0 Å². The molecule has 0 saturated carbocycles. The molecule has 1 aliphatic heterocycles. The molecule has 1 heterocycles. The van der Waals surface area contributed by atoms with Crippen molar-refractivity contribution in [2.45, 2.75) is 45.8 Å². The zero-order valence-electron chi connectivity index (χ0n) is 16.3. The van der Waals surface area contributed by atoms with E-state index in [4.69, 9.17) is 9.16 Å². The molecule has 1 saturated heterocycles. The second kappa shape index (κ2) is 6.67. The van der Waals surface area contributed by atoms with Gasteiger partial charge in [-0.25, -0.2) is 4.79 Å². The van der Waals surface area contributed by atoms with E-state index in [-0.39, 0.29) is 16.4 Å². The fourth-order valence-corrected chi connectivity index (χ4v) is 8.59. The summed E-state index contributed by atoms with van der Waals surface area (Å²) in [6.45, 7) is 11.1. The van der Waals surface area contributed by atoms with Gasteiger partial charge < -0.3 is 9.16 Å². The number of esters is 1. The Kier molecular flexibility index (Phi) is 4.84. The van der Waals surface area contributed by atoms with Crippen LogP contribution in [0.2, 0.25) is 5.04 Å². The lowest BCUT2D eigenvalue weighted by molar-refractivity contribution is -0.144. The fraction of sp³-hybridized carbons (Fsp3) is 0.409. The van der Waals surface area contributed by atoms with E-state index < -0.39 is 14.4 Å². The normalized spacial score (nSPS) is 20.0. The smallest absolute Gasteiger partial charge is 0.334 e. The van der Waals surface area contributed by atoms with Gasteiger partial charge in [-0.1, -0.05) is 95.3 Å². The summed E-state index contributed by atoms with van der Waals surface area (Å²) in [7, 11) is -2.75. The van der Waals surface area contributed by atoms with Crippen molar-refractivity contribution < 1.29 is 14.0 Å². The predicted octanol–water partition coefficient (Wildman–Crippen LogP) is 3.51. The van der Waals surface area contributed by atoms with Crippen LogP contribution in [-0.2, 0) is 14.0 Å². The van der Waals surface area contributed by atoms with Gasteiger partial charge in [-0.3, -0.25) is 0 Å². The lowest BCUT2D eigenvalue weighted by Gasteiger charge is -2.45. The Hall–Kier alpha value is -1.91. The minimum atomic E-state index is -2.75. The summed E-state index contributed by atoms with van der Waals surface area (Å²) in [6.07, 6.45) is -0.561. The fourth-order valence-electron chi connectivity index (χ4n) is 3.80. The van der Waals surface area contributed by atoms with Crippen molar-refractivity contribution in [2.75, 3.05) is 6.61 Å². The first-order chi connectivity index (χ1) is 12.2. The van der Waals surface area contributed by atoms with Crippen LogP contribution >= 0.6 is 0 Å². The third-order valence-electron chi connectivity index (χ3n) is 5.22. The average Bonchev–Trinajstić information content (AvgIpc) is 2.86. The molecule has 0 unspecified atom stereocenters. The molecule has 0 radical (unpaired) electrons. The Bertz CT molecular complexity index is 723. The third kappa shape index (κ3) is 3.12. The van der Waals surface area contributed by atoms with Crippen LogP contribution in [0.15, 0.2) is 60.7 Å². The minimum Gasteiger partial charge on any atom is -0.463 e. The molecule has 26 heavy (non-hydrogen) atoms. The van der Waals surface area contributed by atoms with Gasteiger partial charge in [0.15, 0.2) is 6.10 Å². The molecular weight excluding hydrogens is 340 g/mol. The van der Waals surface area contributed by atoms with E-state index in [2.05, 4.69) is 45.0 Å². The van der Waals surface area contributed by atoms with E-state index in [1.54, 1.807) is 0 Å². The molecule has 1 atom stereocenters. The first-order valence-electron chi connectivity index (χ1n) is 9.14. The highest BCUT2D eigenvalue weighted by Crippen LogP contribution is 2.41. The topological polar surface area (TPSA) is 35.5 Å². The van der Waals surface area contributed by atoms with Gasteiger partial charge in [0.05, 0.1) is 6.61 Å². The highest BCUT2D eigenvalue weighted by Gasteiger charge is 2.56. The van der Waals surface area contributed by atoms with Crippen LogP contribution < -0.4 is 10.4 Å². The maximum atomic E-state index is 12.5. The zero-order chi connectivity index (χ0) is 19.0. The van der Waals surface area contributed by atoms with Crippen molar-refractivity contribution in [3.8, 4) is 0 Å². The van der Waals surface area contributed by atoms with Crippen LogP contribution in [0.5, 0.6) is 0 Å². The molecule has 3 nitrogen and oxygen atoms in total. The number of hydrogen-bond donors (Lipinski definition) is 0. The number of carbonyl (C=O) groups excluding carboxylic acids is 1.